The minimum absolute atomic E-state index is 0.204. The van der Waals surface area contributed by atoms with Gasteiger partial charge in [0.2, 0.25) is 11.8 Å². The number of amides is 2. The minimum Gasteiger partial charge on any atom is -0.480 e. The summed E-state index contributed by atoms with van der Waals surface area (Å²) in [5.74, 6) is -1.81. The number of carbonyl (C=O) groups is 3. The number of rotatable bonds is 8. The van der Waals surface area contributed by atoms with E-state index in [0.717, 1.165) is 0 Å². The van der Waals surface area contributed by atoms with Crippen molar-refractivity contribution in [1.29, 1.82) is 0 Å². The van der Waals surface area contributed by atoms with Gasteiger partial charge in [-0.05, 0) is 12.1 Å². The molecule has 0 aliphatic carbocycles. The van der Waals surface area contributed by atoms with Gasteiger partial charge in [0.25, 0.3) is 0 Å². The van der Waals surface area contributed by atoms with Crippen molar-refractivity contribution in [2.45, 2.75) is 19.4 Å². The standard InChI is InChI=1S/C14H18ClN3O4/c1-9(19)16-6-7-17-12(14(21)22)8-13(20)18-11-5-3-2-4-10(11)15/h2-5,12,17H,6-8H2,1H3,(H,16,19)(H,18,20)(H,21,22)/t12-/m0/s1. The lowest BCUT2D eigenvalue weighted by Crippen LogP contribution is -2.43. The van der Waals surface area contributed by atoms with Gasteiger partial charge in [0.05, 0.1) is 17.1 Å². The van der Waals surface area contributed by atoms with Crippen molar-refractivity contribution < 1.29 is 19.5 Å². The Hall–Kier alpha value is -2.12. The number of carboxylic acids is 1. The molecule has 8 heteroatoms. The van der Waals surface area contributed by atoms with E-state index in [1.54, 1.807) is 24.3 Å². The average Bonchev–Trinajstić information content (AvgIpc) is 2.44. The monoisotopic (exact) mass is 327 g/mol. The van der Waals surface area contributed by atoms with Crippen LogP contribution in [0, 0.1) is 0 Å². The zero-order valence-electron chi connectivity index (χ0n) is 12.1. The summed E-state index contributed by atoms with van der Waals surface area (Å²) in [6.07, 6.45) is -0.249. The molecule has 0 unspecified atom stereocenters. The van der Waals surface area contributed by atoms with E-state index in [2.05, 4.69) is 16.0 Å². The molecule has 120 valence electrons. The summed E-state index contributed by atoms with van der Waals surface area (Å²) >= 11 is 5.91. The number of carbonyl (C=O) groups excluding carboxylic acids is 2. The lowest BCUT2D eigenvalue weighted by atomic mass is 10.2. The first kappa shape index (κ1) is 17.9. The summed E-state index contributed by atoms with van der Waals surface area (Å²) in [6, 6.07) is 5.64. The van der Waals surface area contributed by atoms with Crippen LogP contribution in [-0.2, 0) is 14.4 Å². The van der Waals surface area contributed by atoms with Gasteiger partial charge in [0, 0.05) is 20.0 Å². The third-order valence-electron chi connectivity index (χ3n) is 2.73. The molecular formula is C14H18ClN3O4. The second-order valence-electron chi connectivity index (χ2n) is 4.56. The minimum atomic E-state index is -1.14. The van der Waals surface area contributed by atoms with Crippen LogP contribution in [0.5, 0.6) is 0 Å². The highest BCUT2D eigenvalue weighted by Gasteiger charge is 2.20. The number of hydrogen-bond donors (Lipinski definition) is 4. The number of para-hydroxylation sites is 1. The Morgan fingerprint density at radius 2 is 1.91 bits per heavy atom. The Labute approximate surface area is 133 Å². The summed E-state index contributed by atoms with van der Waals surface area (Å²) < 4.78 is 0. The van der Waals surface area contributed by atoms with Crippen LogP contribution in [0.4, 0.5) is 5.69 Å². The number of aliphatic carboxylic acids is 1. The number of nitrogens with one attached hydrogen (secondary N) is 3. The zero-order valence-corrected chi connectivity index (χ0v) is 12.8. The Balaban J connectivity index is 2.48. The number of hydrogen-bond acceptors (Lipinski definition) is 4. The molecule has 0 spiro atoms. The van der Waals surface area contributed by atoms with E-state index in [1.807, 2.05) is 0 Å². The molecule has 0 saturated carbocycles. The molecule has 0 aliphatic rings. The predicted molar refractivity (Wildman–Crippen MR) is 82.8 cm³/mol. The van der Waals surface area contributed by atoms with Crippen molar-refractivity contribution in [3.05, 3.63) is 29.3 Å². The van der Waals surface area contributed by atoms with E-state index in [1.165, 1.54) is 6.92 Å². The van der Waals surface area contributed by atoms with Crippen LogP contribution in [0.15, 0.2) is 24.3 Å². The van der Waals surface area contributed by atoms with E-state index in [4.69, 9.17) is 16.7 Å². The fourth-order valence-corrected chi connectivity index (χ4v) is 1.86. The van der Waals surface area contributed by atoms with Gasteiger partial charge in [0.1, 0.15) is 6.04 Å². The maximum Gasteiger partial charge on any atom is 0.321 e. The number of carboxylic acid groups (broad SMARTS) is 1. The van der Waals surface area contributed by atoms with Gasteiger partial charge >= 0.3 is 5.97 Å². The molecule has 1 aromatic carbocycles. The molecule has 4 N–H and O–H groups in total. The Morgan fingerprint density at radius 1 is 1.23 bits per heavy atom. The van der Waals surface area contributed by atoms with Crippen molar-refractivity contribution >= 4 is 35.1 Å². The quantitative estimate of drug-likeness (QED) is 0.529. The molecule has 2 amide bonds. The largest absolute Gasteiger partial charge is 0.480 e. The number of halogens is 1. The van der Waals surface area contributed by atoms with Gasteiger partial charge in [-0.3, -0.25) is 14.4 Å². The third kappa shape index (κ3) is 6.55. The molecule has 7 nitrogen and oxygen atoms in total. The highest BCUT2D eigenvalue weighted by atomic mass is 35.5. The molecule has 0 fully saturated rings. The van der Waals surface area contributed by atoms with Crippen LogP contribution >= 0.6 is 11.6 Å². The van der Waals surface area contributed by atoms with Crippen LogP contribution in [0.25, 0.3) is 0 Å². The number of benzene rings is 1. The predicted octanol–water partition coefficient (Wildman–Crippen LogP) is 0.848. The molecule has 1 aromatic rings. The molecule has 1 atom stereocenters. The van der Waals surface area contributed by atoms with E-state index >= 15 is 0 Å². The first-order valence-electron chi connectivity index (χ1n) is 6.65. The van der Waals surface area contributed by atoms with Crippen molar-refractivity contribution in [2.75, 3.05) is 18.4 Å². The first-order valence-corrected chi connectivity index (χ1v) is 7.03. The molecular weight excluding hydrogens is 310 g/mol. The molecule has 0 aromatic heterocycles. The van der Waals surface area contributed by atoms with Gasteiger partial charge in [-0.15, -0.1) is 0 Å². The molecule has 0 bridgehead atoms. The van der Waals surface area contributed by atoms with E-state index < -0.39 is 17.9 Å². The highest BCUT2D eigenvalue weighted by molar-refractivity contribution is 6.33. The van der Waals surface area contributed by atoms with Crippen molar-refractivity contribution in [3.63, 3.8) is 0 Å². The topological polar surface area (TPSA) is 108 Å². The van der Waals surface area contributed by atoms with Gasteiger partial charge in [0.15, 0.2) is 0 Å². The van der Waals surface area contributed by atoms with E-state index in [0.29, 0.717) is 10.7 Å². The Morgan fingerprint density at radius 3 is 2.50 bits per heavy atom. The molecule has 0 saturated heterocycles. The zero-order chi connectivity index (χ0) is 16.5. The summed E-state index contributed by atoms with van der Waals surface area (Å²) in [6.45, 7) is 1.90. The van der Waals surface area contributed by atoms with Gasteiger partial charge < -0.3 is 21.1 Å². The maximum atomic E-state index is 11.9. The molecule has 22 heavy (non-hydrogen) atoms. The second-order valence-corrected chi connectivity index (χ2v) is 4.97. The molecule has 0 heterocycles. The molecule has 1 rings (SSSR count). The summed E-state index contributed by atoms with van der Waals surface area (Å²) in [5.41, 5.74) is 0.427. The second kappa shape index (κ2) is 9.01. The lowest BCUT2D eigenvalue weighted by Gasteiger charge is -2.15. The first-order chi connectivity index (χ1) is 10.4. The van der Waals surface area contributed by atoms with Crippen molar-refractivity contribution in [3.8, 4) is 0 Å². The van der Waals surface area contributed by atoms with Crippen LogP contribution in [0.2, 0.25) is 5.02 Å². The summed E-state index contributed by atoms with van der Waals surface area (Å²) in [5, 5.41) is 17.3. The smallest absolute Gasteiger partial charge is 0.321 e. The number of anilines is 1. The van der Waals surface area contributed by atoms with Crippen LogP contribution in [-0.4, -0.2) is 42.0 Å². The maximum absolute atomic E-state index is 11.9. The van der Waals surface area contributed by atoms with Crippen molar-refractivity contribution in [1.82, 2.24) is 10.6 Å². The fourth-order valence-electron chi connectivity index (χ4n) is 1.68. The Kier molecular flexibility index (Phi) is 7.34. The molecule has 0 aliphatic heterocycles. The van der Waals surface area contributed by atoms with Gasteiger partial charge in [-0.2, -0.15) is 0 Å². The van der Waals surface area contributed by atoms with Crippen molar-refractivity contribution in [2.24, 2.45) is 0 Å². The van der Waals surface area contributed by atoms with Crippen LogP contribution < -0.4 is 16.0 Å². The fraction of sp³-hybridized carbons (Fsp3) is 0.357. The van der Waals surface area contributed by atoms with E-state index in [-0.39, 0.29) is 25.4 Å². The normalized spacial score (nSPS) is 11.5. The van der Waals surface area contributed by atoms with Crippen LogP contribution in [0.3, 0.4) is 0 Å². The van der Waals surface area contributed by atoms with Gasteiger partial charge in [-0.1, -0.05) is 23.7 Å². The van der Waals surface area contributed by atoms with Gasteiger partial charge in [-0.25, -0.2) is 0 Å². The highest BCUT2D eigenvalue weighted by Crippen LogP contribution is 2.20. The summed E-state index contributed by atoms with van der Waals surface area (Å²) in [4.78, 5) is 33.7. The summed E-state index contributed by atoms with van der Waals surface area (Å²) in [7, 11) is 0. The Bertz CT molecular complexity index is 551. The third-order valence-corrected chi connectivity index (χ3v) is 3.05. The molecule has 0 radical (unpaired) electrons. The van der Waals surface area contributed by atoms with E-state index in [9.17, 15) is 14.4 Å². The SMILES string of the molecule is CC(=O)NCCN[C@@H](CC(=O)Nc1ccccc1Cl)C(=O)O. The van der Waals surface area contributed by atoms with Crippen LogP contribution in [0.1, 0.15) is 13.3 Å². The lowest BCUT2D eigenvalue weighted by molar-refractivity contribution is -0.141. The average molecular weight is 328 g/mol.